The number of guanidine groups is 1. The van der Waals surface area contributed by atoms with Crippen LogP contribution in [0.5, 0.6) is 0 Å². The highest BCUT2D eigenvalue weighted by atomic mass is 127. The summed E-state index contributed by atoms with van der Waals surface area (Å²) in [5.41, 5.74) is 2.05. The fourth-order valence-corrected chi connectivity index (χ4v) is 3.20. The van der Waals surface area contributed by atoms with Gasteiger partial charge in [-0.05, 0) is 36.6 Å². The molecule has 0 aromatic heterocycles. The molecule has 30 heavy (non-hydrogen) atoms. The minimum Gasteiger partial charge on any atom is -0.357 e. The minimum absolute atomic E-state index is 0. The number of amides is 1. The van der Waals surface area contributed by atoms with Crippen molar-refractivity contribution in [3.63, 3.8) is 0 Å². The molecule has 0 heterocycles. The molecular weight excluding hydrogens is 515 g/mol. The fraction of sp³-hybridized carbons (Fsp3) is 0.333. The number of rotatable bonds is 9. The molecule has 9 heteroatoms. The number of nitrogens with zero attached hydrogens (tertiary/aromatic N) is 1. The van der Waals surface area contributed by atoms with E-state index in [2.05, 4.69) is 20.9 Å². The van der Waals surface area contributed by atoms with Crippen LogP contribution in [0.1, 0.15) is 18.1 Å². The van der Waals surface area contributed by atoms with Crippen LogP contribution in [-0.4, -0.2) is 46.2 Å². The lowest BCUT2D eigenvalue weighted by atomic mass is 10.1. The summed E-state index contributed by atoms with van der Waals surface area (Å²) in [6, 6.07) is 16.5. The summed E-state index contributed by atoms with van der Waals surface area (Å²) in [7, 11) is -3.18. The van der Waals surface area contributed by atoms with E-state index in [9.17, 15) is 13.2 Å². The molecule has 0 atom stereocenters. The van der Waals surface area contributed by atoms with Crippen LogP contribution in [0.15, 0.2) is 64.5 Å². The van der Waals surface area contributed by atoms with Gasteiger partial charge in [0, 0.05) is 25.9 Å². The van der Waals surface area contributed by atoms with E-state index in [1.807, 2.05) is 37.3 Å². The van der Waals surface area contributed by atoms with Gasteiger partial charge in [-0.1, -0.05) is 42.5 Å². The number of aliphatic imine (C=N–C) groups is 1. The third-order valence-electron chi connectivity index (χ3n) is 4.12. The van der Waals surface area contributed by atoms with Crippen molar-refractivity contribution in [3.05, 3.63) is 65.7 Å². The van der Waals surface area contributed by atoms with Crippen LogP contribution >= 0.6 is 24.0 Å². The number of halogens is 1. The molecule has 2 aromatic carbocycles. The molecule has 0 bridgehead atoms. The molecule has 0 aliphatic carbocycles. The lowest BCUT2D eigenvalue weighted by Crippen LogP contribution is -2.39. The Morgan fingerprint density at radius 3 is 2.20 bits per heavy atom. The van der Waals surface area contributed by atoms with Gasteiger partial charge in [-0.3, -0.25) is 4.79 Å². The summed E-state index contributed by atoms with van der Waals surface area (Å²) < 4.78 is 23.0. The van der Waals surface area contributed by atoms with Crippen molar-refractivity contribution in [2.75, 3.05) is 25.9 Å². The van der Waals surface area contributed by atoms with E-state index in [0.29, 0.717) is 36.9 Å². The number of carbonyl (C=O) groups excluding carboxylic acids is 1. The largest absolute Gasteiger partial charge is 0.357 e. The lowest BCUT2D eigenvalue weighted by Gasteiger charge is -2.11. The first-order chi connectivity index (χ1) is 13.9. The van der Waals surface area contributed by atoms with Crippen molar-refractivity contribution in [2.45, 2.75) is 24.8 Å². The van der Waals surface area contributed by atoms with Crippen molar-refractivity contribution >= 4 is 45.7 Å². The van der Waals surface area contributed by atoms with Gasteiger partial charge < -0.3 is 16.0 Å². The van der Waals surface area contributed by atoms with Gasteiger partial charge in [0.1, 0.15) is 6.54 Å². The standard InChI is InChI=1S/C21H28N4O3S.HI/c1-3-22-21(25-16-20(26)24-15-18-7-5-4-6-8-18)23-14-13-17-9-11-19(12-10-17)29(2,27)28;/h4-12H,3,13-16H2,1-2H3,(H,24,26)(H2,22,23,25);1H. The Labute approximate surface area is 195 Å². The Hall–Kier alpha value is -2.14. The summed E-state index contributed by atoms with van der Waals surface area (Å²) in [5, 5.41) is 9.14. The molecule has 0 saturated heterocycles. The van der Waals surface area contributed by atoms with Crippen LogP contribution in [0, 0.1) is 0 Å². The van der Waals surface area contributed by atoms with Crippen LogP contribution in [0.4, 0.5) is 0 Å². The zero-order valence-corrected chi connectivity index (χ0v) is 20.4. The topological polar surface area (TPSA) is 99.7 Å². The van der Waals surface area contributed by atoms with Crippen LogP contribution in [-0.2, 0) is 27.6 Å². The van der Waals surface area contributed by atoms with Crippen LogP contribution in [0.3, 0.4) is 0 Å². The Morgan fingerprint density at radius 1 is 0.933 bits per heavy atom. The Balaban J connectivity index is 0.00000450. The van der Waals surface area contributed by atoms with E-state index in [1.54, 1.807) is 24.3 Å². The number of carbonyl (C=O) groups is 1. The molecule has 0 radical (unpaired) electrons. The normalized spacial score (nSPS) is 11.3. The quantitative estimate of drug-likeness (QED) is 0.255. The fourth-order valence-electron chi connectivity index (χ4n) is 2.57. The SMILES string of the molecule is CCNC(=NCC(=O)NCc1ccccc1)NCCc1ccc(S(C)(=O)=O)cc1.I. The molecule has 1 amide bonds. The summed E-state index contributed by atoms with van der Waals surface area (Å²) in [5.74, 6) is 0.414. The molecule has 164 valence electrons. The van der Waals surface area contributed by atoms with Crippen molar-refractivity contribution in [1.29, 1.82) is 0 Å². The van der Waals surface area contributed by atoms with Gasteiger partial charge in [-0.15, -0.1) is 24.0 Å². The first-order valence-corrected chi connectivity index (χ1v) is 11.4. The van der Waals surface area contributed by atoms with Gasteiger partial charge >= 0.3 is 0 Å². The number of nitrogens with one attached hydrogen (secondary N) is 3. The summed E-state index contributed by atoms with van der Waals surface area (Å²) in [4.78, 5) is 16.6. The Morgan fingerprint density at radius 2 is 1.60 bits per heavy atom. The van der Waals surface area contributed by atoms with Gasteiger partial charge in [0.25, 0.3) is 0 Å². The number of benzene rings is 2. The van der Waals surface area contributed by atoms with Crippen LogP contribution < -0.4 is 16.0 Å². The summed E-state index contributed by atoms with van der Waals surface area (Å²) >= 11 is 0. The maximum Gasteiger partial charge on any atom is 0.242 e. The van der Waals surface area contributed by atoms with E-state index >= 15 is 0 Å². The van der Waals surface area contributed by atoms with Crippen LogP contribution in [0.2, 0.25) is 0 Å². The molecule has 0 spiro atoms. The first-order valence-electron chi connectivity index (χ1n) is 9.50. The summed E-state index contributed by atoms with van der Waals surface area (Å²) in [6.07, 6.45) is 1.90. The molecule has 0 saturated carbocycles. The van der Waals surface area contributed by atoms with Gasteiger partial charge in [0.2, 0.25) is 5.91 Å². The van der Waals surface area contributed by atoms with Gasteiger partial charge in [-0.25, -0.2) is 13.4 Å². The van der Waals surface area contributed by atoms with Crippen molar-refractivity contribution in [2.24, 2.45) is 4.99 Å². The van der Waals surface area contributed by atoms with E-state index in [1.165, 1.54) is 6.26 Å². The number of hydrogen-bond acceptors (Lipinski definition) is 4. The van der Waals surface area contributed by atoms with Gasteiger partial charge in [-0.2, -0.15) is 0 Å². The third kappa shape index (κ3) is 9.57. The van der Waals surface area contributed by atoms with E-state index in [4.69, 9.17) is 0 Å². The van der Waals surface area contributed by atoms with Crippen LogP contribution in [0.25, 0.3) is 0 Å². The smallest absolute Gasteiger partial charge is 0.242 e. The van der Waals surface area contributed by atoms with E-state index in [0.717, 1.165) is 11.1 Å². The van der Waals surface area contributed by atoms with E-state index in [-0.39, 0.29) is 36.4 Å². The highest BCUT2D eigenvalue weighted by Gasteiger charge is 2.06. The number of hydrogen-bond donors (Lipinski definition) is 3. The number of sulfone groups is 1. The lowest BCUT2D eigenvalue weighted by molar-refractivity contribution is -0.119. The Bertz CT molecular complexity index is 917. The van der Waals surface area contributed by atoms with E-state index < -0.39 is 9.84 Å². The maximum absolute atomic E-state index is 12.0. The molecule has 0 aliphatic heterocycles. The molecule has 2 rings (SSSR count). The highest BCUT2D eigenvalue weighted by Crippen LogP contribution is 2.10. The molecule has 7 nitrogen and oxygen atoms in total. The minimum atomic E-state index is -3.18. The second kappa shape index (κ2) is 13.2. The zero-order valence-electron chi connectivity index (χ0n) is 17.2. The predicted octanol–water partition coefficient (Wildman–Crippen LogP) is 2.12. The molecule has 3 N–H and O–H groups in total. The molecule has 0 aliphatic rings. The Kier molecular flexibility index (Phi) is 11.4. The van der Waals surface area contributed by atoms with Crippen molar-refractivity contribution < 1.29 is 13.2 Å². The van der Waals surface area contributed by atoms with Gasteiger partial charge in [0.05, 0.1) is 4.90 Å². The zero-order chi connectivity index (χ0) is 21.1. The molecule has 0 unspecified atom stereocenters. The molecular formula is C21H29IN4O3S. The van der Waals surface area contributed by atoms with Crippen molar-refractivity contribution in [1.82, 2.24) is 16.0 Å². The summed E-state index contributed by atoms with van der Waals surface area (Å²) in [6.45, 7) is 3.75. The second-order valence-electron chi connectivity index (χ2n) is 6.55. The van der Waals surface area contributed by atoms with Gasteiger partial charge in [0.15, 0.2) is 15.8 Å². The van der Waals surface area contributed by atoms with Crippen molar-refractivity contribution in [3.8, 4) is 0 Å². The second-order valence-corrected chi connectivity index (χ2v) is 8.57. The predicted molar refractivity (Wildman–Crippen MR) is 131 cm³/mol. The monoisotopic (exact) mass is 544 g/mol. The average Bonchev–Trinajstić information content (AvgIpc) is 2.71. The third-order valence-corrected chi connectivity index (χ3v) is 5.24. The molecule has 2 aromatic rings. The average molecular weight is 544 g/mol. The maximum atomic E-state index is 12.0. The highest BCUT2D eigenvalue weighted by molar-refractivity contribution is 14.0. The molecule has 0 fully saturated rings. The first kappa shape index (κ1) is 25.9.